The summed E-state index contributed by atoms with van der Waals surface area (Å²) in [4.78, 5) is 28.8. The topological polar surface area (TPSA) is 65.8 Å². The molecule has 0 aliphatic carbocycles. The van der Waals surface area contributed by atoms with Crippen molar-refractivity contribution in [3.63, 3.8) is 0 Å². The Labute approximate surface area is 159 Å². The second-order valence-electron chi connectivity index (χ2n) is 7.34. The van der Waals surface area contributed by atoms with Crippen molar-refractivity contribution < 1.29 is 14.0 Å². The first-order valence-corrected chi connectivity index (χ1v) is 9.65. The van der Waals surface area contributed by atoms with Crippen molar-refractivity contribution in [2.24, 2.45) is 5.92 Å². The van der Waals surface area contributed by atoms with Crippen LogP contribution in [-0.2, 0) is 16.1 Å². The van der Waals surface area contributed by atoms with Gasteiger partial charge < -0.3 is 19.5 Å². The van der Waals surface area contributed by atoms with Gasteiger partial charge in [0, 0.05) is 37.4 Å². The van der Waals surface area contributed by atoms with Crippen LogP contribution in [0.5, 0.6) is 0 Å². The summed E-state index contributed by atoms with van der Waals surface area (Å²) in [7, 11) is 0. The molecule has 0 saturated carbocycles. The molecule has 1 aromatic carbocycles. The Morgan fingerprint density at radius 2 is 1.89 bits per heavy atom. The first-order chi connectivity index (χ1) is 13.2. The van der Waals surface area contributed by atoms with Crippen LogP contribution >= 0.6 is 0 Å². The van der Waals surface area contributed by atoms with Crippen LogP contribution in [0.1, 0.15) is 31.4 Å². The van der Waals surface area contributed by atoms with Crippen LogP contribution in [-0.4, -0.2) is 36.3 Å². The number of benzene rings is 1. The molecule has 0 radical (unpaired) electrons. The highest BCUT2D eigenvalue weighted by Crippen LogP contribution is 2.24. The summed E-state index contributed by atoms with van der Waals surface area (Å²) in [5.41, 5.74) is 1.98. The largest absolute Gasteiger partial charge is 0.467 e. The van der Waals surface area contributed by atoms with Crippen molar-refractivity contribution in [2.45, 2.75) is 32.2 Å². The average molecular weight is 367 g/mol. The van der Waals surface area contributed by atoms with Crippen LogP contribution in [0.15, 0.2) is 47.1 Å². The van der Waals surface area contributed by atoms with Gasteiger partial charge >= 0.3 is 0 Å². The predicted octanol–water partition coefficient (Wildman–Crippen LogP) is 3.26. The third-order valence-electron chi connectivity index (χ3n) is 5.37. The highest BCUT2D eigenvalue weighted by atomic mass is 16.3. The molecular formula is C21H25N3O3. The van der Waals surface area contributed by atoms with Gasteiger partial charge in [0.1, 0.15) is 5.76 Å². The minimum Gasteiger partial charge on any atom is -0.467 e. The van der Waals surface area contributed by atoms with E-state index < -0.39 is 0 Å². The van der Waals surface area contributed by atoms with Crippen LogP contribution in [0, 0.1) is 5.92 Å². The quantitative estimate of drug-likeness (QED) is 0.881. The SMILES string of the molecule is O=C(Nc1ccc(N2CCCCC2)cc1)C1CC(=O)N(Cc2ccco2)C1. The van der Waals surface area contributed by atoms with Gasteiger partial charge in [-0.1, -0.05) is 0 Å². The van der Waals surface area contributed by atoms with Gasteiger partial charge in [0.05, 0.1) is 18.7 Å². The summed E-state index contributed by atoms with van der Waals surface area (Å²) >= 11 is 0. The molecule has 4 rings (SSSR count). The lowest BCUT2D eigenvalue weighted by Gasteiger charge is -2.28. The van der Waals surface area contributed by atoms with Gasteiger partial charge in [0.15, 0.2) is 0 Å². The van der Waals surface area contributed by atoms with Crippen molar-refractivity contribution in [2.75, 3.05) is 29.9 Å². The second kappa shape index (κ2) is 7.86. The van der Waals surface area contributed by atoms with E-state index in [1.807, 2.05) is 18.2 Å². The third-order valence-corrected chi connectivity index (χ3v) is 5.37. The molecule has 1 unspecified atom stereocenters. The molecule has 142 valence electrons. The number of rotatable bonds is 5. The van der Waals surface area contributed by atoms with E-state index in [1.165, 1.54) is 24.9 Å². The molecule has 2 aliphatic heterocycles. The van der Waals surface area contributed by atoms with Crippen LogP contribution in [0.4, 0.5) is 11.4 Å². The van der Waals surface area contributed by atoms with Gasteiger partial charge in [0.25, 0.3) is 0 Å². The van der Waals surface area contributed by atoms with Crippen molar-refractivity contribution in [1.82, 2.24) is 4.90 Å². The molecule has 2 fully saturated rings. The standard InChI is InChI=1S/C21H25N3O3/c25-20-13-16(14-24(20)15-19-5-4-12-27-19)21(26)22-17-6-8-18(9-7-17)23-10-2-1-3-11-23/h4-9,12,16H,1-3,10-11,13-15H2,(H,22,26). The Bertz CT molecular complexity index is 780. The lowest BCUT2D eigenvalue weighted by molar-refractivity contribution is -0.128. The van der Waals surface area contributed by atoms with E-state index in [9.17, 15) is 9.59 Å². The predicted molar refractivity (Wildman–Crippen MR) is 103 cm³/mol. The normalized spacial score (nSPS) is 20.1. The fraction of sp³-hybridized carbons (Fsp3) is 0.429. The summed E-state index contributed by atoms with van der Waals surface area (Å²) in [5, 5.41) is 2.95. The second-order valence-corrected chi connectivity index (χ2v) is 7.34. The molecular weight excluding hydrogens is 342 g/mol. The minimum atomic E-state index is -0.325. The fourth-order valence-corrected chi connectivity index (χ4v) is 3.84. The fourth-order valence-electron chi connectivity index (χ4n) is 3.84. The monoisotopic (exact) mass is 367 g/mol. The van der Waals surface area contributed by atoms with Crippen LogP contribution in [0.25, 0.3) is 0 Å². The Morgan fingerprint density at radius 1 is 1.11 bits per heavy atom. The molecule has 2 aromatic rings. The van der Waals surface area contributed by atoms with Crippen molar-refractivity contribution in [3.05, 3.63) is 48.4 Å². The number of furan rings is 1. The number of carbonyl (C=O) groups is 2. The number of amides is 2. The maximum atomic E-state index is 12.6. The molecule has 2 amide bonds. The third kappa shape index (κ3) is 4.15. The molecule has 1 aromatic heterocycles. The van der Waals surface area contributed by atoms with E-state index in [4.69, 9.17) is 4.42 Å². The lowest BCUT2D eigenvalue weighted by atomic mass is 10.1. The van der Waals surface area contributed by atoms with Crippen LogP contribution in [0.2, 0.25) is 0 Å². The molecule has 2 saturated heterocycles. The number of carbonyl (C=O) groups excluding carboxylic acids is 2. The molecule has 2 aliphatic rings. The minimum absolute atomic E-state index is 0.00741. The van der Waals surface area contributed by atoms with Crippen molar-refractivity contribution in [1.29, 1.82) is 0 Å². The molecule has 3 heterocycles. The van der Waals surface area contributed by atoms with Crippen LogP contribution < -0.4 is 10.2 Å². The number of likely N-dealkylation sites (tertiary alicyclic amines) is 1. The molecule has 6 heteroatoms. The zero-order valence-electron chi connectivity index (χ0n) is 15.4. The first-order valence-electron chi connectivity index (χ1n) is 9.65. The number of anilines is 2. The van der Waals surface area contributed by atoms with Gasteiger partial charge in [-0.2, -0.15) is 0 Å². The van der Waals surface area contributed by atoms with Crippen molar-refractivity contribution >= 4 is 23.2 Å². The maximum Gasteiger partial charge on any atom is 0.229 e. The molecule has 1 atom stereocenters. The van der Waals surface area contributed by atoms with E-state index in [-0.39, 0.29) is 24.2 Å². The van der Waals surface area contributed by atoms with Crippen LogP contribution in [0.3, 0.4) is 0 Å². The molecule has 0 bridgehead atoms. The summed E-state index contributed by atoms with van der Waals surface area (Å²) in [6.45, 7) is 3.04. The van der Waals surface area contributed by atoms with E-state index in [0.717, 1.165) is 24.5 Å². The van der Waals surface area contributed by atoms with E-state index in [0.29, 0.717) is 13.1 Å². The summed E-state index contributed by atoms with van der Waals surface area (Å²) in [6.07, 6.45) is 5.62. The molecule has 6 nitrogen and oxygen atoms in total. The van der Waals surface area contributed by atoms with Gasteiger partial charge in [-0.3, -0.25) is 9.59 Å². The summed E-state index contributed by atoms with van der Waals surface area (Å²) in [6, 6.07) is 11.6. The van der Waals surface area contributed by atoms with E-state index in [2.05, 4.69) is 22.3 Å². The number of piperidine rings is 1. The first kappa shape index (κ1) is 17.6. The Morgan fingerprint density at radius 3 is 2.59 bits per heavy atom. The van der Waals surface area contributed by atoms with Gasteiger partial charge in [-0.05, 0) is 55.7 Å². The number of hydrogen-bond acceptors (Lipinski definition) is 4. The average Bonchev–Trinajstić information content (AvgIpc) is 3.34. The molecule has 27 heavy (non-hydrogen) atoms. The number of nitrogens with zero attached hydrogens (tertiary/aromatic N) is 2. The lowest BCUT2D eigenvalue weighted by Crippen LogP contribution is -2.29. The van der Waals surface area contributed by atoms with Gasteiger partial charge in [0.2, 0.25) is 11.8 Å². The molecule has 1 N–H and O–H groups in total. The Balaban J connectivity index is 1.33. The van der Waals surface area contributed by atoms with Crippen molar-refractivity contribution in [3.8, 4) is 0 Å². The Kier molecular flexibility index (Phi) is 5.14. The smallest absolute Gasteiger partial charge is 0.229 e. The number of hydrogen-bond donors (Lipinski definition) is 1. The van der Waals surface area contributed by atoms with Gasteiger partial charge in [-0.15, -0.1) is 0 Å². The summed E-state index contributed by atoms with van der Waals surface area (Å²) < 4.78 is 5.30. The highest BCUT2D eigenvalue weighted by Gasteiger charge is 2.34. The van der Waals surface area contributed by atoms with Gasteiger partial charge in [-0.25, -0.2) is 0 Å². The molecule has 0 spiro atoms. The maximum absolute atomic E-state index is 12.6. The Hall–Kier alpha value is -2.76. The zero-order chi connectivity index (χ0) is 18.6. The highest BCUT2D eigenvalue weighted by molar-refractivity contribution is 5.97. The summed E-state index contributed by atoms with van der Waals surface area (Å²) in [5.74, 6) is 0.301. The zero-order valence-corrected chi connectivity index (χ0v) is 15.4. The number of nitrogens with one attached hydrogen (secondary N) is 1. The van der Waals surface area contributed by atoms with E-state index >= 15 is 0 Å². The van der Waals surface area contributed by atoms with E-state index in [1.54, 1.807) is 17.2 Å².